The van der Waals surface area contributed by atoms with Crippen LogP contribution in [0.15, 0.2) is 59.5 Å². The Morgan fingerprint density at radius 3 is 2.20 bits per heavy atom. The second kappa shape index (κ2) is 5.38. The number of rotatable bonds is 5. The molecular weight excluding hydrogens is 270 g/mol. The van der Waals surface area contributed by atoms with Crippen LogP contribution in [-0.2, 0) is 16.6 Å². The number of nitrogens with one attached hydrogen (secondary N) is 1. The third-order valence-electron chi connectivity index (χ3n) is 3.55. The second-order valence-electron chi connectivity index (χ2n) is 5.15. The van der Waals surface area contributed by atoms with Crippen molar-refractivity contribution in [1.29, 1.82) is 0 Å². The van der Waals surface area contributed by atoms with Gasteiger partial charge in [-0.05, 0) is 42.0 Å². The van der Waals surface area contributed by atoms with Crippen molar-refractivity contribution in [3.05, 3.63) is 65.7 Å². The fraction of sp³-hybridized carbons (Fsp3) is 0.250. The van der Waals surface area contributed by atoms with Gasteiger partial charge < -0.3 is 0 Å². The monoisotopic (exact) mass is 287 g/mol. The average Bonchev–Trinajstić information content (AvgIpc) is 3.31. The van der Waals surface area contributed by atoms with Gasteiger partial charge in [0.05, 0.1) is 4.90 Å². The lowest BCUT2D eigenvalue weighted by Crippen LogP contribution is -2.23. The SMILES string of the molecule is O=S(=O)(NCc1ccccc1)c1ccc(C2CC2)cc1. The van der Waals surface area contributed by atoms with Crippen LogP contribution in [0.25, 0.3) is 0 Å². The summed E-state index contributed by atoms with van der Waals surface area (Å²) in [7, 11) is -3.43. The van der Waals surface area contributed by atoms with Crippen molar-refractivity contribution in [1.82, 2.24) is 4.72 Å². The molecule has 0 unspecified atom stereocenters. The summed E-state index contributed by atoms with van der Waals surface area (Å²) in [6, 6.07) is 16.7. The van der Waals surface area contributed by atoms with Gasteiger partial charge in [-0.1, -0.05) is 42.5 Å². The Morgan fingerprint density at radius 2 is 1.60 bits per heavy atom. The van der Waals surface area contributed by atoms with Gasteiger partial charge in [0, 0.05) is 6.54 Å². The van der Waals surface area contributed by atoms with E-state index in [0.717, 1.165) is 5.56 Å². The fourth-order valence-electron chi connectivity index (χ4n) is 2.19. The zero-order chi connectivity index (χ0) is 14.0. The Labute approximate surface area is 119 Å². The molecule has 2 aromatic carbocycles. The Kier molecular flexibility index (Phi) is 3.59. The summed E-state index contributed by atoms with van der Waals surface area (Å²) in [5.41, 5.74) is 2.19. The van der Waals surface area contributed by atoms with Gasteiger partial charge in [0.2, 0.25) is 10.0 Å². The van der Waals surface area contributed by atoms with Crippen molar-refractivity contribution in [2.75, 3.05) is 0 Å². The van der Waals surface area contributed by atoms with Crippen LogP contribution in [0, 0.1) is 0 Å². The number of sulfonamides is 1. The maximum atomic E-state index is 12.2. The topological polar surface area (TPSA) is 46.2 Å². The second-order valence-corrected chi connectivity index (χ2v) is 6.92. The van der Waals surface area contributed by atoms with Crippen molar-refractivity contribution < 1.29 is 8.42 Å². The van der Waals surface area contributed by atoms with E-state index in [1.807, 2.05) is 42.5 Å². The summed E-state index contributed by atoms with van der Waals surface area (Å²) in [6.45, 7) is 0.313. The van der Waals surface area contributed by atoms with Gasteiger partial charge >= 0.3 is 0 Å². The maximum Gasteiger partial charge on any atom is 0.240 e. The number of benzene rings is 2. The van der Waals surface area contributed by atoms with E-state index in [1.54, 1.807) is 12.1 Å². The molecule has 1 aliphatic carbocycles. The third kappa shape index (κ3) is 3.08. The number of hydrogen-bond acceptors (Lipinski definition) is 2. The van der Waals surface area contributed by atoms with Gasteiger partial charge in [-0.15, -0.1) is 0 Å². The summed E-state index contributed by atoms with van der Waals surface area (Å²) < 4.78 is 27.0. The van der Waals surface area contributed by atoms with E-state index in [2.05, 4.69) is 4.72 Å². The van der Waals surface area contributed by atoms with E-state index < -0.39 is 10.0 Å². The molecule has 1 aliphatic rings. The Bertz CT molecular complexity index is 674. The van der Waals surface area contributed by atoms with Crippen LogP contribution < -0.4 is 4.72 Å². The molecule has 0 saturated heterocycles. The van der Waals surface area contributed by atoms with Crippen LogP contribution in [0.5, 0.6) is 0 Å². The van der Waals surface area contributed by atoms with E-state index >= 15 is 0 Å². The van der Waals surface area contributed by atoms with E-state index in [1.165, 1.54) is 18.4 Å². The van der Waals surface area contributed by atoms with Gasteiger partial charge in [0.25, 0.3) is 0 Å². The number of hydrogen-bond donors (Lipinski definition) is 1. The fourth-order valence-corrected chi connectivity index (χ4v) is 3.21. The molecule has 20 heavy (non-hydrogen) atoms. The summed E-state index contributed by atoms with van der Waals surface area (Å²) in [6.07, 6.45) is 2.44. The molecule has 2 aromatic rings. The first-order valence-electron chi connectivity index (χ1n) is 6.79. The summed E-state index contributed by atoms with van der Waals surface area (Å²) in [5.74, 6) is 0.643. The Hall–Kier alpha value is -1.65. The molecule has 1 fully saturated rings. The van der Waals surface area contributed by atoms with Crippen LogP contribution in [0.2, 0.25) is 0 Å². The van der Waals surface area contributed by atoms with Crippen LogP contribution in [-0.4, -0.2) is 8.42 Å². The van der Waals surface area contributed by atoms with Crippen LogP contribution in [0.4, 0.5) is 0 Å². The quantitative estimate of drug-likeness (QED) is 0.918. The lowest BCUT2D eigenvalue weighted by molar-refractivity contribution is 0.581. The van der Waals surface area contributed by atoms with Crippen molar-refractivity contribution in [2.24, 2.45) is 0 Å². The molecule has 0 radical (unpaired) electrons. The normalized spacial score (nSPS) is 15.2. The summed E-state index contributed by atoms with van der Waals surface area (Å²) >= 11 is 0. The first-order valence-corrected chi connectivity index (χ1v) is 8.27. The lowest BCUT2D eigenvalue weighted by atomic mass is 10.1. The highest BCUT2D eigenvalue weighted by atomic mass is 32.2. The molecule has 0 aromatic heterocycles. The van der Waals surface area contributed by atoms with Crippen molar-refractivity contribution in [3.8, 4) is 0 Å². The minimum absolute atomic E-state index is 0.313. The molecule has 3 nitrogen and oxygen atoms in total. The zero-order valence-electron chi connectivity index (χ0n) is 11.1. The van der Waals surface area contributed by atoms with E-state index in [-0.39, 0.29) is 0 Å². The molecule has 3 rings (SSSR count). The summed E-state index contributed by atoms with van der Waals surface area (Å²) in [5, 5.41) is 0. The molecule has 1 saturated carbocycles. The molecule has 0 atom stereocenters. The first-order chi connectivity index (χ1) is 9.65. The van der Waals surface area contributed by atoms with Gasteiger partial charge in [-0.3, -0.25) is 0 Å². The molecule has 4 heteroatoms. The highest BCUT2D eigenvalue weighted by molar-refractivity contribution is 7.89. The Balaban J connectivity index is 1.70. The van der Waals surface area contributed by atoms with Crippen LogP contribution in [0.3, 0.4) is 0 Å². The Morgan fingerprint density at radius 1 is 0.950 bits per heavy atom. The van der Waals surface area contributed by atoms with Crippen molar-refractivity contribution in [3.63, 3.8) is 0 Å². The van der Waals surface area contributed by atoms with Gasteiger partial charge in [-0.2, -0.15) is 0 Å². The van der Waals surface area contributed by atoms with E-state index in [0.29, 0.717) is 17.4 Å². The van der Waals surface area contributed by atoms with E-state index in [9.17, 15) is 8.42 Å². The van der Waals surface area contributed by atoms with Gasteiger partial charge in [0.1, 0.15) is 0 Å². The van der Waals surface area contributed by atoms with Crippen LogP contribution in [0.1, 0.15) is 29.9 Å². The summed E-state index contributed by atoms with van der Waals surface area (Å²) in [4.78, 5) is 0.331. The minimum Gasteiger partial charge on any atom is -0.207 e. The standard InChI is InChI=1S/C16H17NO2S/c18-20(19,17-12-13-4-2-1-3-5-13)16-10-8-15(9-11-16)14-6-7-14/h1-5,8-11,14,17H,6-7,12H2. The molecule has 0 bridgehead atoms. The molecular formula is C16H17NO2S. The minimum atomic E-state index is -3.43. The lowest BCUT2D eigenvalue weighted by Gasteiger charge is -2.07. The first kappa shape index (κ1) is 13.3. The highest BCUT2D eigenvalue weighted by Crippen LogP contribution is 2.40. The molecule has 1 N–H and O–H groups in total. The van der Waals surface area contributed by atoms with Gasteiger partial charge in [0.15, 0.2) is 0 Å². The smallest absolute Gasteiger partial charge is 0.207 e. The third-order valence-corrected chi connectivity index (χ3v) is 4.97. The van der Waals surface area contributed by atoms with Crippen molar-refractivity contribution >= 4 is 10.0 Å². The van der Waals surface area contributed by atoms with Gasteiger partial charge in [-0.25, -0.2) is 13.1 Å². The molecule has 0 aliphatic heterocycles. The maximum absolute atomic E-state index is 12.2. The molecule has 0 spiro atoms. The van der Waals surface area contributed by atoms with Crippen molar-refractivity contribution in [2.45, 2.75) is 30.2 Å². The predicted molar refractivity (Wildman–Crippen MR) is 78.9 cm³/mol. The predicted octanol–water partition coefficient (Wildman–Crippen LogP) is 3.04. The zero-order valence-corrected chi connectivity index (χ0v) is 11.9. The van der Waals surface area contributed by atoms with E-state index in [4.69, 9.17) is 0 Å². The molecule has 0 heterocycles. The highest BCUT2D eigenvalue weighted by Gasteiger charge is 2.23. The molecule has 0 amide bonds. The van der Waals surface area contributed by atoms with Crippen LogP contribution >= 0.6 is 0 Å². The largest absolute Gasteiger partial charge is 0.240 e. The molecule has 104 valence electrons. The average molecular weight is 287 g/mol.